The van der Waals surface area contributed by atoms with Crippen LogP contribution in [-0.4, -0.2) is 16.3 Å². The first-order valence-corrected chi connectivity index (χ1v) is 6.72. The van der Waals surface area contributed by atoms with Crippen molar-refractivity contribution in [2.24, 2.45) is 0 Å². The third-order valence-corrected chi connectivity index (χ3v) is 2.99. The Bertz CT molecular complexity index is 622. The Morgan fingerprint density at radius 1 is 1.10 bits per heavy atom. The standard InChI is InChI=1S/C11H6Br2F3N3O/c12-6-1-2-7(8(3-6)20-11(14,15)16)19-10-4-9(13)17-5-18-10/h1-5H,(H,17,18,19). The number of alkyl halides is 3. The highest BCUT2D eigenvalue weighted by atomic mass is 79.9. The highest BCUT2D eigenvalue weighted by Crippen LogP contribution is 2.34. The molecule has 0 atom stereocenters. The summed E-state index contributed by atoms with van der Waals surface area (Å²) in [4.78, 5) is 7.72. The van der Waals surface area contributed by atoms with Gasteiger partial charge in [-0.15, -0.1) is 13.2 Å². The molecule has 9 heteroatoms. The van der Waals surface area contributed by atoms with E-state index in [1.807, 2.05) is 0 Å². The molecular weight excluding hydrogens is 407 g/mol. The van der Waals surface area contributed by atoms with E-state index < -0.39 is 6.36 Å². The summed E-state index contributed by atoms with van der Waals surface area (Å²) in [5.41, 5.74) is 0.135. The first-order valence-electron chi connectivity index (χ1n) is 5.13. The van der Waals surface area contributed by atoms with E-state index in [1.165, 1.54) is 24.5 Å². The van der Waals surface area contributed by atoms with E-state index in [4.69, 9.17) is 0 Å². The van der Waals surface area contributed by atoms with Crippen molar-refractivity contribution < 1.29 is 17.9 Å². The lowest BCUT2D eigenvalue weighted by Crippen LogP contribution is -2.18. The van der Waals surface area contributed by atoms with Crippen LogP contribution in [0.25, 0.3) is 0 Å². The lowest BCUT2D eigenvalue weighted by atomic mass is 10.3. The van der Waals surface area contributed by atoms with Gasteiger partial charge in [0.1, 0.15) is 16.7 Å². The molecule has 0 unspecified atom stereocenters. The van der Waals surface area contributed by atoms with Crippen LogP contribution in [0.1, 0.15) is 0 Å². The Balaban J connectivity index is 2.31. The average Bonchev–Trinajstić information content (AvgIpc) is 2.31. The van der Waals surface area contributed by atoms with E-state index in [2.05, 4.69) is 51.9 Å². The monoisotopic (exact) mass is 411 g/mol. The van der Waals surface area contributed by atoms with Crippen LogP contribution < -0.4 is 10.1 Å². The van der Waals surface area contributed by atoms with Crippen LogP contribution in [-0.2, 0) is 0 Å². The molecule has 0 spiro atoms. The molecule has 0 saturated carbocycles. The summed E-state index contributed by atoms with van der Waals surface area (Å²) in [7, 11) is 0. The smallest absolute Gasteiger partial charge is 0.404 e. The maximum absolute atomic E-state index is 12.4. The quantitative estimate of drug-likeness (QED) is 0.746. The summed E-state index contributed by atoms with van der Waals surface area (Å²) < 4.78 is 42.0. The number of nitrogens with zero attached hydrogens (tertiary/aromatic N) is 2. The number of anilines is 2. The average molecular weight is 413 g/mol. The van der Waals surface area contributed by atoms with Gasteiger partial charge in [-0.25, -0.2) is 9.97 Å². The van der Waals surface area contributed by atoms with Gasteiger partial charge in [-0.2, -0.15) is 0 Å². The minimum absolute atomic E-state index is 0.135. The molecule has 1 aromatic heterocycles. The molecule has 106 valence electrons. The Kier molecular flexibility index (Phi) is 4.48. The highest BCUT2D eigenvalue weighted by Gasteiger charge is 2.32. The van der Waals surface area contributed by atoms with Gasteiger partial charge in [-0.1, -0.05) is 15.9 Å². The van der Waals surface area contributed by atoms with Crippen molar-refractivity contribution in [3.8, 4) is 5.75 Å². The van der Waals surface area contributed by atoms with Crippen molar-refractivity contribution >= 4 is 43.4 Å². The summed E-state index contributed by atoms with van der Waals surface area (Å²) in [6, 6.07) is 5.77. The van der Waals surface area contributed by atoms with Gasteiger partial charge < -0.3 is 10.1 Å². The van der Waals surface area contributed by atoms with E-state index in [0.717, 1.165) is 0 Å². The number of hydrogen-bond donors (Lipinski definition) is 1. The van der Waals surface area contributed by atoms with Crippen LogP contribution in [0.3, 0.4) is 0 Å². The van der Waals surface area contributed by atoms with Crippen LogP contribution in [0.2, 0.25) is 0 Å². The van der Waals surface area contributed by atoms with Crippen molar-refractivity contribution in [1.82, 2.24) is 9.97 Å². The number of aromatic nitrogens is 2. The van der Waals surface area contributed by atoms with Crippen LogP contribution in [0.4, 0.5) is 24.7 Å². The number of ether oxygens (including phenoxy) is 1. The predicted molar refractivity (Wildman–Crippen MR) is 73.8 cm³/mol. The maximum atomic E-state index is 12.4. The molecule has 0 amide bonds. The predicted octanol–water partition coefficient (Wildman–Crippen LogP) is 4.64. The first-order chi connectivity index (χ1) is 9.33. The topological polar surface area (TPSA) is 47.0 Å². The number of benzene rings is 1. The van der Waals surface area contributed by atoms with E-state index in [9.17, 15) is 13.2 Å². The zero-order chi connectivity index (χ0) is 14.8. The van der Waals surface area contributed by atoms with E-state index in [-0.39, 0.29) is 11.4 Å². The van der Waals surface area contributed by atoms with Crippen LogP contribution >= 0.6 is 31.9 Å². The van der Waals surface area contributed by atoms with Crippen molar-refractivity contribution in [2.75, 3.05) is 5.32 Å². The fourth-order valence-electron chi connectivity index (χ4n) is 1.35. The first kappa shape index (κ1) is 15.0. The number of nitrogens with one attached hydrogen (secondary N) is 1. The summed E-state index contributed by atoms with van der Waals surface area (Å²) >= 11 is 6.24. The number of rotatable bonds is 3. The minimum atomic E-state index is -4.77. The Labute approximate surface area is 128 Å². The minimum Gasteiger partial charge on any atom is -0.404 e. The van der Waals surface area contributed by atoms with Gasteiger partial charge in [0.2, 0.25) is 0 Å². The lowest BCUT2D eigenvalue weighted by molar-refractivity contribution is -0.274. The van der Waals surface area contributed by atoms with Crippen molar-refractivity contribution in [3.05, 3.63) is 39.7 Å². The van der Waals surface area contributed by atoms with Gasteiger partial charge in [0, 0.05) is 10.5 Å². The summed E-state index contributed by atoms with van der Waals surface area (Å²) in [6.07, 6.45) is -3.50. The molecule has 0 aliphatic rings. The SMILES string of the molecule is FC(F)(F)Oc1cc(Br)ccc1Nc1cc(Br)ncn1. The molecule has 20 heavy (non-hydrogen) atoms. The van der Waals surface area contributed by atoms with E-state index in [0.29, 0.717) is 14.9 Å². The molecular formula is C11H6Br2F3N3O. The van der Waals surface area contributed by atoms with Gasteiger partial charge in [-0.05, 0) is 34.1 Å². The molecule has 0 aliphatic carbocycles. The Morgan fingerprint density at radius 3 is 2.50 bits per heavy atom. The Morgan fingerprint density at radius 2 is 1.85 bits per heavy atom. The molecule has 1 heterocycles. The second kappa shape index (κ2) is 5.96. The van der Waals surface area contributed by atoms with Gasteiger partial charge in [0.05, 0.1) is 5.69 Å². The second-order valence-corrected chi connectivity index (χ2v) is 5.27. The fourth-order valence-corrected chi connectivity index (χ4v) is 2.00. The molecule has 2 rings (SSSR count). The van der Waals surface area contributed by atoms with Crippen LogP contribution in [0, 0.1) is 0 Å². The molecule has 2 aromatic rings. The zero-order valence-corrected chi connectivity index (χ0v) is 12.8. The molecule has 0 bridgehead atoms. The molecule has 0 fully saturated rings. The Hall–Kier alpha value is -1.35. The summed E-state index contributed by atoms with van der Waals surface area (Å²) in [5.74, 6) is -0.0252. The van der Waals surface area contributed by atoms with Crippen molar-refractivity contribution in [2.45, 2.75) is 6.36 Å². The lowest BCUT2D eigenvalue weighted by Gasteiger charge is -2.14. The summed E-state index contributed by atoms with van der Waals surface area (Å²) in [6.45, 7) is 0. The third-order valence-electron chi connectivity index (χ3n) is 2.07. The molecule has 0 radical (unpaired) electrons. The van der Waals surface area contributed by atoms with Gasteiger partial charge in [-0.3, -0.25) is 0 Å². The normalized spacial score (nSPS) is 11.2. The van der Waals surface area contributed by atoms with Gasteiger partial charge in [0.15, 0.2) is 5.75 Å². The summed E-state index contributed by atoms with van der Waals surface area (Å²) in [5, 5.41) is 2.74. The fraction of sp³-hybridized carbons (Fsp3) is 0.0909. The maximum Gasteiger partial charge on any atom is 0.573 e. The third kappa shape index (κ3) is 4.34. The molecule has 1 aromatic carbocycles. The van der Waals surface area contributed by atoms with Crippen LogP contribution in [0.5, 0.6) is 5.75 Å². The number of halogens is 5. The second-order valence-electron chi connectivity index (χ2n) is 3.54. The molecule has 4 nitrogen and oxygen atoms in total. The number of hydrogen-bond acceptors (Lipinski definition) is 4. The van der Waals surface area contributed by atoms with Crippen molar-refractivity contribution in [1.29, 1.82) is 0 Å². The van der Waals surface area contributed by atoms with Crippen molar-refractivity contribution in [3.63, 3.8) is 0 Å². The highest BCUT2D eigenvalue weighted by molar-refractivity contribution is 9.10. The van der Waals surface area contributed by atoms with E-state index in [1.54, 1.807) is 6.07 Å². The van der Waals surface area contributed by atoms with E-state index >= 15 is 0 Å². The van der Waals surface area contributed by atoms with Gasteiger partial charge in [0.25, 0.3) is 0 Å². The largest absolute Gasteiger partial charge is 0.573 e. The molecule has 1 N–H and O–H groups in total. The molecule has 0 aliphatic heterocycles. The van der Waals surface area contributed by atoms with Crippen LogP contribution in [0.15, 0.2) is 39.7 Å². The van der Waals surface area contributed by atoms with Gasteiger partial charge >= 0.3 is 6.36 Å². The molecule has 0 saturated heterocycles. The zero-order valence-electron chi connectivity index (χ0n) is 9.58.